The number of carbonyl (C=O) groups is 3. The van der Waals surface area contributed by atoms with Gasteiger partial charge in [0.05, 0.1) is 22.9 Å². The van der Waals surface area contributed by atoms with Crippen LogP contribution in [0.25, 0.3) is 0 Å². The third kappa shape index (κ3) is 2.08. The van der Waals surface area contributed by atoms with Gasteiger partial charge in [0, 0.05) is 10.9 Å². The minimum atomic E-state index is -1.18. The summed E-state index contributed by atoms with van der Waals surface area (Å²) in [7, 11) is 0. The van der Waals surface area contributed by atoms with E-state index in [0.29, 0.717) is 10.7 Å². The summed E-state index contributed by atoms with van der Waals surface area (Å²) in [5.41, 5.74) is 3.72. The molecule has 7 rings (SSSR count). The maximum absolute atomic E-state index is 13.8. The lowest BCUT2D eigenvalue weighted by Gasteiger charge is -2.51. The van der Waals surface area contributed by atoms with Crippen LogP contribution in [0.1, 0.15) is 33.7 Å². The number of aldehydes is 1. The Labute approximate surface area is 184 Å². The summed E-state index contributed by atoms with van der Waals surface area (Å²) in [5.74, 6) is -2.26. The third-order valence-corrected chi connectivity index (χ3v) is 7.69. The second-order valence-corrected chi connectivity index (χ2v) is 9.00. The van der Waals surface area contributed by atoms with Crippen molar-refractivity contribution in [2.45, 2.75) is 18.3 Å². The van der Waals surface area contributed by atoms with Crippen LogP contribution in [0.3, 0.4) is 0 Å². The van der Waals surface area contributed by atoms with E-state index < -0.39 is 17.3 Å². The van der Waals surface area contributed by atoms with Gasteiger partial charge < -0.3 is 4.79 Å². The number of carbonyl (C=O) groups excluding carboxylic acids is 3. The highest BCUT2D eigenvalue weighted by Gasteiger charge is 2.68. The van der Waals surface area contributed by atoms with Gasteiger partial charge in [0.15, 0.2) is 0 Å². The van der Waals surface area contributed by atoms with Crippen molar-refractivity contribution >= 4 is 35.4 Å². The molecule has 1 fully saturated rings. The third-order valence-electron chi connectivity index (χ3n) is 7.28. The van der Waals surface area contributed by atoms with Crippen molar-refractivity contribution in [3.8, 4) is 0 Å². The van der Waals surface area contributed by atoms with Gasteiger partial charge >= 0.3 is 0 Å². The summed E-state index contributed by atoms with van der Waals surface area (Å²) in [6.45, 7) is 1.87. The molecule has 4 nitrogen and oxygen atoms in total. The number of nitrogens with zero attached hydrogens (tertiary/aromatic N) is 1. The van der Waals surface area contributed by atoms with E-state index >= 15 is 0 Å². The molecule has 0 radical (unpaired) electrons. The molecule has 1 heterocycles. The number of aryl methyl sites for hydroxylation is 1. The molecule has 3 aromatic carbocycles. The van der Waals surface area contributed by atoms with E-state index in [2.05, 4.69) is 0 Å². The van der Waals surface area contributed by atoms with Crippen molar-refractivity contribution < 1.29 is 14.4 Å². The lowest BCUT2D eigenvalue weighted by atomic mass is 9.48. The van der Waals surface area contributed by atoms with Crippen LogP contribution in [0.15, 0.2) is 66.7 Å². The Morgan fingerprint density at radius 1 is 0.903 bits per heavy atom. The van der Waals surface area contributed by atoms with Crippen LogP contribution in [-0.4, -0.2) is 18.1 Å². The van der Waals surface area contributed by atoms with Crippen molar-refractivity contribution in [1.82, 2.24) is 0 Å². The Morgan fingerprint density at radius 3 is 2.10 bits per heavy atom. The first kappa shape index (κ1) is 18.5. The summed E-state index contributed by atoms with van der Waals surface area (Å²) in [6.07, 6.45) is 0.883. The van der Waals surface area contributed by atoms with Gasteiger partial charge in [-0.3, -0.25) is 9.59 Å². The molecular weight excluding hydrogens is 410 g/mol. The molecule has 0 aromatic heterocycles. The highest BCUT2D eigenvalue weighted by molar-refractivity contribution is 6.32. The molecule has 1 saturated heterocycles. The highest BCUT2D eigenvalue weighted by atomic mass is 35.5. The zero-order chi connectivity index (χ0) is 21.5. The first-order valence-corrected chi connectivity index (χ1v) is 10.7. The molecule has 1 aliphatic heterocycles. The molecule has 2 atom stereocenters. The Hall–Kier alpha value is -3.24. The van der Waals surface area contributed by atoms with Gasteiger partial charge in [-0.1, -0.05) is 66.2 Å². The molecular formula is C26H18ClNO3. The fourth-order valence-corrected chi connectivity index (χ4v) is 6.18. The highest BCUT2D eigenvalue weighted by Crippen LogP contribution is 2.63. The average Bonchev–Trinajstić information content (AvgIpc) is 3.07. The van der Waals surface area contributed by atoms with E-state index in [-0.39, 0.29) is 17.7 Å². The predicted octanol–water partition coefficient (Wildman–Crippen LogP) is 4.40. The van der Waals surface area contributed by atoms with Crippen molar-refractivity contribution in [2.75, 3.05) is 4.90 Å². The minimum Gasteiger partial charge on any atom is -0.302 e. The number of hydrogen-bond acceptors (Lipinski definition) is 3. The molecule has 2 amide bonds. The van der Waals surface area contributed by atoms with Gasteiger partial charge in [-0.25, -0.2) is 4.90 Å². The predicted molar refractivity (Wildman–Crippen MR) is 117 cm³/mol. The minimum absolute atomic E-state index is 0.262. The van der Waals surface area contributed by atoms with E-state index in [0.717, 1.165) is 34.1 Å². The van der Waals surface area contributed by atoms with Crippen LogP contribution < -0.4 is 4.90 Å². The maximum atomic E-state index is 13.8. The van der Waals surface area contributed by atoms with Crippen LogP contribution >= 0.6 is 11.6 Å². The van der Waals surface area contributed by atoms with Crippen molar-refractivity contribution in [3.05, 3.63) is 99.6 Å². The zero-order valence-electron chi connectivity index (χ0n) is 16.7. The van der Waals surface area contributed by atoms with Crippen LogP contribution in [0.2, 0.25) is 5.02 Å². The van der Waals surface area contributed by atoms with Crippen molar-refractivity contribution in [1.29, 1.82) is 0 Å². The smallest absolute Gasteiger partial charge is 0.239 e. The standard InChI is InChI=1S/C26H18ClNO3/c1-14-10-11-15(12-20(14)27)28-24(30)22-21-16-6-2-4-8-18(16)26(13-29,23(22)25(28)31)19-9-5-3-7-17(19)21/h2-13,21-23H,1H3/t21?,22-,23+,26?/m0/s1. The molecule has 31 heavy (non-hydrogen) atoms. The van der Waals surface area contributed by atoms with Crippen LogP contribution in [-0.2, 0) is 19.8 Å². The normalized spacial score (nSPS) is 27.7. The van der Waals surface area contributed by atoms with E-state index in [9.17, 15) is 14.4 Å². The average molecular weight is 428 g/mol. The number of anilines is 1. The van der Waals surface area contributed by atoms with E-state index in [4.69, 9.17) is 11.6 Å². The topological polar surface area (TPSA) is 54.5 Å². The first-order valence-electron chi connectivity index (χ1n) is 10.3. The van der Waals surface area contributed by atoms with Gasteiger partial charge in [0.1, 0.15) is 6.29 Å². The fraction of sp³-hybridized carbons (Fsp3) is 0.192. The number of imide groups is 1. The second-order valence-electron chi connectivity index (χ2n) is 8.59. The molecule has 5 heteroatoms. The van der Waals surface area contributed by atoms with Gasteiger partial charge in [0.25, 0.3) is 0 Å². The van der Waals surface area contributed by atoms with E-state index in [1.54, 1.807) is 18.2 Å². The summed E-state index contributed by atoms with van der Waals surface area (Å²) >= 11 is 6.31. The lowest BCUT2D eigenvalue weighted by molar-refractivity contribution is -0.128. The summed E-state index contributed by atoms with van der Waals surface area (Å²) in [4.78, 5) is 41.7. The molecule has 0 unspecified atom stereocenters. The van der Waals surface area contributed by atoms with Crippen LogP contribution in [0.5, 0.6) is 0 Å². The Balaban J connectivity index is 1.63. The number of rotatable bonds is 2. The molecule has 152 valence electrons. The Kier molecular flexibility index (Phi) is 3.67. The number of benzene rings is 3. The first-order chi connectivity index (χ1) is 15.0. The summed E-state index contributed by atoms with van der Waals surface area (Å²) in [6, 6.07) is 20.6. The molecule has 2 bridgehead atoms. The largest absolute Gasteiger partial charge is 0.302 e. The van der Waals surface area contributed by atoms with E-state index in [1.807, 2.05) is 55.5 Å². The molecule has 4 aliphatic rings. The second kappa shape index (κ2) is 6.14. The lowest BCUT2D eigenvalue weighted by Crippen LogP contribution is -2.54. The Morgan fingerprint density at radius 2 is 1.52 bits per heavy atom. The van der Waals surface area contributed by atoms with Crippen LogP contribution in [0.4, 0.5) is 5.69 Å². The maximum Gasteiger partial charge on any atom is 0.239 e. The van der Waals surface area contributed by atoms with Crippen molar-refractivity contribution in [3.63, 3.8) is 0 Å². The number of hydrogen-bond donors (Lipinski definition) is 0. The quantitative estimate of drug-likeness (QED) is 0.450. The summed E-state index contributed by atoms with van der Waals surface area (Å²) < 4.78 is 0. The van der Waals surface area contributed by atoms with Gasteiger partial charge in [0.2, 0.25) is 11.8 Å². The number of amides is 2. The molecule has 0 spiro atoms. The number of halogens is 1. The zero-order valence-corrected chi connectivity index (χ0v) is 17.5. The summed E-state index contributed by atoms with van der Waals surface area (Å²) in [5, 5.41) is 0.493. The monoisotopic (exact) mass is 427 g/mol. The van der Waals surface area contributed by atoms with Gasteiger partial charge in [-0.15, -0.1) is 0 Å². The fourth-order valence-electron chi connectivity index (χ4n) is 6.01. The molecule has 0 N–H and O–H groups in total. The van der Waals surface area contributed by atoms with Crippen molar-refractivity contribution in [2.24, 2.45) is 11.8 Å². The molecule has 3 aliphatic carbocycles. The molecule has 3 aromatic rings. The SMILES string of the molecule is Cc1ccc(N2C(=O)[C@H]3C4c5ccccc5C(C=O)(c5ccccc54)[C@H]3C2=O)cc1Cl. The molecule has 0 saturated carbocycles. The van der Waals surface area contributed by atoms with Gasteiger partial charge in [-0.05, 0) is 46.9 Å². The van der Waals surface area contributed by atoms with Crippen LogP contribution in [0, 0.1) is 18.8 Å². The van der Waals surface area contributed by atoms with E-state index in [1.165, 1.54) is 4.90 Å². The van der Waals surface area contributed by atoms with Gasteiger partial charge in [-0.2, -0.15) is 0 Å². The Bertz CT molecular complexity index is 1270.